The summed E-state index contributed by atoms with van der Waals surface area (Å²) in [5.41, 5.74) is 2.37. The predicted octanol–water partition coefficient (Wildman–Crippen LogP) is 3.57. The van der Waals surface area contributed by atoms with Gasteiger partial charge in [0.25, 0.3) is 5.91 Å². The van der Waals surface area contributed by atoms with Crippen LogP contribution >= 0.6 is 0 Å². The minimum atomic E-state index is -1.11. The van der Waals surface area contributed by atoms with Crippen molar-refractivity contribution in [3.05, 3.63) is 102 Å². The molecular weight excluding hydrogens is 510 g/mol. The second-order valence-electron chi connectivity index (χ2n) is 9.99. The number of urea groups is 1. The Bertz CT molecular complexity index is 1270. The first-order valence-corrected chi connectivity index (χ1v) is 13.4. The average molecular weight is 546 g/mol. The largest absolute Gasteiger partial charge is 0.489 e. The maximum atomic E-state index is 13.0. The van der Waals surface area contributed by atoms with Crippen LogP contribution in [0.1, 0.15) is 34.3 Å². The van der Waals surface area contributed by atoms with Gasteiger partial charge in [-0.25, -0.2) is 9.59 Å². The van der Waals surface area contributed by atoms with Gasteiger partial charge in [0, 0.05) is 19.2 Å². The van der Waals surface area contributed by atoms with Crippen LogP contribution in [0.15, 0.2) is 84.9 Å². The van der Waals surface area contributed by atoms with Crippen LogP contribution in [0.2, 0.25) is 0 Å². The molecule has 3 atom stereocenters. The Hall–Kier alpha value is -4.37. The maximum Gasteiger partial charge on any atom is 0.326 e. The highest BCUT2D eigenvalue weighted by Crippen LogP contribution is 2.20. The van der Waals surface area contributed by atoms with Crippen molar-refractivity contribution in [3.8, 4) is 5.75 Å². The van der Waals surface area contributed by atoms with Crippen molar-refractivity contribution in [2.24, 2.45) is 0 Å². The van der Waals surface area contributed by atoms with Gasteiger partial charge in [-0.1, -0.05) is 60.7 Å². The molecule has 4 rings (SSSR count). The van der Waals surface area contributed by atoms with Gasteiger partial charge in [0.15, 0.2) is 0 Å². The number of nitrogens with zero attached hydrogens (tertiary/aromatic N) is 2. The normalized spacial score (nSPS) is 16.1. The molecule has 1 saturated heterocycles. The molecule has 1 aliphatic rings. The fourth-order valence-electron chi connectivity index (χ4n) is 4.80. The van der Waals surface area contributed by atoms with Crippen molar-refractivity contribution in [2.75, 3.05) is 20.1 Å². The number of benzene rings is 3. The van der Waals surface area contributed by atoms with Gasteiger partial charge in [0.1, 0.15) is 18.4 Å². The lowest BCUT2D eigenvalue weighted by molar-refractivity contribution is -0.141. The number of carbonyl (C=O) groups is 3. The molecule has 0 radical (unpaired) electrons. The Balaban J connectivity index is 1.43. The first-order chi connectivity index (χ1) is 19.3. The summed E-state index contributed by atoms with van der Waals surface area (Å²) in [4.78, 5) is 40.2. The van der Waals surface area contributed by atoms with E-state index in [1.54, 1.807) is 24.3 Å². The monoisotopic (exact) mass is 545 g/mol. The summed E-state index contributed by atoms with van der Waals surface area (Å²) in [5, 5.41) is 23.6. The molecule has 3 amide bonds. The number of nitrogens with one attached hydrogen (secondary N) is 1. The van der Waals surface area contributed by atoms with Gasteiger partial charge in [0.2, 0.25) is 0 Å². The van der Waals surface area contributed by atoms with Gasteiger partial charge in [-0.05, 0) is 54.7 Å². The number of rotatable bonds is 11. The molecule has 3 aromatic rings. The summed E-state index contributed by atoms with van der Waals surface area (Å²) in [6.45, 7) is 0.706. The zero-order valence-electron chi connectivity index (χ0n) is 22.5. The van der Waals surface area contributed by atoms with E-state index in [9.17, 15) is 24.6 Å². The lowest BCUT2D eigenvalue weighted by Crippen LogP contribution is -2.53. The second kappa shape index (κ2) is 13.6. The van der Waals surface area contributed by atoms with Gasteiger partial charge in [-0.2, -0.15) is 0 Å². The highest BCUT2D eigenvalue weighted by molar-refractivity contribution is 5.94. The first-order valence-electron chi connectivity index (χ1n) is 13.4. The minimum absolute atomic E-state index is 0.0837. The third-order valence-corrected chi connectivity index (χ3v) is 7.02. The lowest BCUT2D eigenvalue weighted by Gasteiger charge is -2.31. The molecule has 1 heterocycles. The number of ether oxygens (including phenoxy) is 1. The van der Waals surface area contributed by atoms with Crippen molar-refractivity contribution in [2.45, 2.75) is 44.1 Å². The predicted molar refractivity (Wildman–Crippen MR) is 150 cm³/mol. The van der Waals surface area contributed by atoms with E-state index in [4.69, 9.17) is 4.74 Å². The fourth-order valence-corrected chi connectivity index (χ4v) is 4.80. The van der Waals surface area contributed by atoms with Crippen LogP contribution in [0, 0.1) is 0 Å². The number of carboxylic acid groups (broad SMARTS) is 1. The molecule has 1 fully saturated rings. The minimum Gasteiger partial charge on any atom is -0.489 e. The molecule has 0 spiro atoms. The standard InChI is InChI=1S/C31H35N3O6/c1-33(31(39)34-18-8-13-27(34)30(37)38)20-28(35)26(32-29(36)24-11-6-3-7-12-24)19-22-14-16-25(17-15-22)40-21-23-9-4-2-5-10-23/h2-7,9-12,14-17,26-28,35H,8,13,18-21H2,1H3,(H,32,36)(H,37,38)/t26?,27-,28?/m0/s1. The summed E-state index contributed by atoms with van der Waals surface area (Å²) < 4.78 is 5.87. The Morgan fingerprint density at radius 2 is 1.62 bits per heavy atom. The summed E-state index contributed by atoms with van der Waals surface area (Å²) in [6.07, 6.45) is 0.210. The molecule has 0 aliphatic carbocycles. The zero-order chi connectivity index (χ0) is 28.5. The molecule has 3 N–H and O–H groups in total. The number of likely N-dealkylation sites (N-methyl/N-ethyl adjacent to an activating group) is 1. The van der Waals surface area contributed by atoms with Gasteiger partial charge in [-0.15, -0.1) is 0 Å². The highest BCUT2D eigenvalue weighted by Gasteiger charge is 2.36. The van der Waals surface area contributed by atoms with E-state index < -0.39 is 30.2 Å². The third-order valence-electron chi connectivity index (χ3n) is 7.02. The molecule has 3 aromatic carbocycles. The lowest BCUT2D eigenvalue weighted by atomic mass is 10.00. The van der Waals surface area contributed by atoms with Gasteiger partial charge < -0.3 is 30.1 Å². The van der Waals surface area contributed by atoms with E-state index in [2.05, 4.69) is 5.32 Å². The Labute approximate surface area is 234 Å². The molecule has 0 saturated carbocycles. The fraction of sp³-hybridized carbons (Fsp3) is 0.323. The molecular formula is C31H35N3O6. The Kier molecular flexibility index (Phi) is 9.75. The molecule has 0 aromatic heterocycles. The topological polar surface area (TPSA) is 119 Å². The molecule has 1 aliphatic heterocycles. The van der Waals surface area contributed by atoms with Crippen LogP contribution in [0.3, 0.4) is 0 Å². The van der Waals surface area contributed by atoms with E-state index in [-0.39, 0.29) is 12.5 Å². The molecule has 9 nitrogen and oxygen atoms in total. The number of aliphatic hydroxyl groups is 1. The van der Waals surface area contributed by atoms with Crippen molar-refractivity contribution in [3.63, 3.8) is 0 Å². The van der Waals surface area contributed by atoms with E-state index in [1.807, 2.05) is 60.7 Å². The molecule has 40 heavy (non-hydrogen) atoms. The van der Waals surface area contributed by atoms with Crippen molar-refractivity contribution >= 4 is 17.9 Å². The number of carbonyl (C=O) groups excluding carboxylic acids is 2. The molecule has 210 valence electrons. The quantitative estimate of drug-likeness (QED) is 0.339. The number of hydrogen-bond donors (Lipinski definition) is 3. The van der Waals surface area contributed by atoms with Crippen molar-refractivity contribution < 1.29 is 29.3 Å². The van der Waals surface area contributed by atoms with Crippen LogP contribution in [0.5, 0.6) is 5.75 Å². The molecule has 9 heteroatoms. The number of hydrogen-bond acceptors (Lipinski definition) is 5. The van der Waals surface area contributed by atoms with Gasteiger partial charge in [0.05, 0.1) is 18.7 Å². The van der Waals surface area contributed by atoms with Crippen LogP contribution < -0.4 is 10.1 Å². The number of amides is 3. The van der Waals surface area contributed by atoms with Crippen molar-refractivity contribution in [1.29, 1.82) is 0 Å². The summed E-state index contributed by atoms with van der Waals surface area (Å²) in [5.74, 6) is -0.683. The number of aliphatic carboxylic acids is 1. The van der Waals surface area contributed by atoms with Crippen molar-refractivity contribution in [1.82, 2.24) is 15.1 Å². The van der Waals surface area contributed by atoms with E-state index in [0.717, 1.165) is 11.1 Å². The Morgan fingerprint density at radius 3 is 2.27 bits per heavy atom. The number of aliphatic hydroxyl groups excluding tert-OH is 1. The summed E-state index contributed by atoms with van der Waals surface area (Å²) >= 11 is 0. The van der Waals surface area contributed by atoms with Crippen LogP contribution in [-0.2, 0) is 17.8 Å². The number of carboxylic acids is 1. The zero-order valence-corrected chi connectivity index (χ0v) is 22.5. The smallest absolute Gasteiger partial charge is 0.326 e. The second-order valence-corrected chi connectivity index (χ2v) is 9.99. The van der Waals surface area contributed by atoms with Crippen LogP contribution in [0.4, 0.5) is 4.79 Å². The molecule has 2 unspecified atom stereocenters. The molecule has 0 bridgehead atoms. The maximum absolute atomic E-state index is 13.0. The highest BCUT2D eigenvalue weighted by atomic mass is 16.5. The first kappa shape index (κ1) is 28.6. The van der Waals surface area contributed by atoms with E-state index >= 15 is 0 Å². The SMILES string of the molecule is CN(CC(O)C(Cc1ccc(OCc2ccccc2)cc1)NC(=O)c1ccccc1)C(=O)N1CCC[C@H]1C(=O)O. The summed E-state index contributed by atoms with van der Waals surface area (Å²) in [6, 6.07) is 23.9. The third kappa shape index (κ3) is 7.60. The van der Waals surface area contributed by atoms with Gasteiger partial charge >= 0.3 is 12.0 Å². The number of likely N-dealkylation sites (tertiary alicyclic amines) is 1. The van der Waals surface area contributed by atoms with E-state index in [1.165, 1.54) is 16.8 Å². The van der Waals surface area contributed by atoms with Gasteiger partial charge in [-0.3, -0.25) is 4.79 Å². The Morgan fingerprint density at radius 1 is 0.975 bits per heavy atom. The average Bonchev–Trinajstić information content (AvgIpc) is 3.47. The van der Waals surface area contributed by atoms with E-state index in [0.29, 0.717) is 43.7 Å². The van der Waals surface area contributed by atoms with Crippen LogP contribution in [0.25, 0.3) is 0 Å². The summed E-state index contributed by atoms with van der Waals surface area (Å²) in [7, 11) is 1.53. The van der Waals surface area contributed by atoms with Crippen LogP contribution in [-0.4, -0.2) is 76.2 Å².